The van der Waals surface area contributed by atoms with Gasteiger partial charge in [0.25, 0.3) is 0 Å². The monoisotopic (exact) mass is 195 g/mol. The van der Waals surface area contributed by atoms with Gasteiger partial charge in [0.15, 0.2) is 0 Å². The third-order valence-electron chi connectivity index (χ3n) is 4.14. The molecule has 0 aromatic heterocycles. The molecule has 0 aliphatic heterocycles. The predicted octanol–water partition coefficient (Wildman–Crippen LogP) is 3.34. The summed E-state index contributed by atoms with van der Waals surface area (Å²) >= 11 is 0. The van der Waals surface area contributed by atoms with E-state index in [1.807, 2.05) is 0 Å². The Morgan fingerprint density at radius 2 is 1.64 bits per heavy atom. The first-order chi connectivity index (χ1) is 6.84. The molecule has 0 heterocycles. The van der Waals surface area contributed by atoms with Gasteiger partial charge < -0.3 is 5.32 Å². The highest BCUT2D eigenvalue weighted by molar-refractivity contribution is 4.76. The van der Waals surface area contributed by atoms with Gasteiger partial charge in [-0.05, 0) is 44.6 Å². The van der Waals surface area contributed by atoms with Gasteiger partial charge in [-0.2, -0.15) is 0 Å². The fourth-order valence-corrected chi connectivity index (χ4v) is 2.89. The fourth-order valence-electron chi connectivity index (χ4n) is 2.89. The Hall–Kier alpha value is -0.0400. The van der Waals surface area contributed by atoms with Gasteiger partial charge in [0.05, 0.1) is 0 Å². The molecule has 2 aliphatic carbocycles. The lowest BCUT2D eigenvalue weighted by Crippen LogP contribution is -2.33. The molecule has 1 heteroatoms. The molecule has 0 spiro atoms. The number of nitrogens with one attached hydrogen (secondary N) is 1. The van der Waals surface area contributed by atoms with Crippen LogP contribution in [0.4, 0.5) is 0 Å². The Bertz CT molecular complexity index is 157. The molecule has 0 saturated heterocycles. The first-order valence-corrected chi connectivity index (χ1v) is 6.58. The van der Waals surface area contributed by atoms with E-state index in [0.29, 0.717) is 0 Å². The predicted molar refractivity (Wildman–Crippen MR) is 61.4 cm³/mol. The standard InChI is InChI=1S/C13H25N/c1-11(9-12-7-4-8-12)14-10-13-5-2-3-6-13/h11-14H,2-10H2,1H3. The zero-order valence-corrected chi connectivity index (χ0v) is 9.60. The van der Waals surface area contributed by atoms with Crippen LogP contribution in [0.1, 0.15) is 58.3 Å². The van der Waals surface area contributed by atoms with Crippen LogP contribution in [-0.4, -0.2) is 12.6 Å². The maximum atomic E-state index is 3.72. The quantitative estimate of drug-likeness (QED) is 0.709. The van der Waals surface area contributed by atoms with Gasteiger partial charge in [0, 0.05) is 6.04 Å². The Morgan fingerprint density at radius 3 is 2.21 bits per heavy atom. The van der Waals surface area contributed by atoms with Crippen LogP contribution >= 0.6 is 0 Å². The zero-order valence-electron chi connectivity index (χ0n) is 9.60. The van der Waals surface area contributed by atoms with Crippen molar-refractivity contribution in [2.75, 3.05) is 6.54 Å². The second-order valence-electron chi connectivity index (χ2n) is 5.49. The molecule has 2 saturated carbocycles. The van der Waals surface area contributed by atoms with Gasteiger partial charge in [0.2, 0.25) is 0 Å². The summed E-state index contributed by atoms with van der Waals surface area (Å²) in [5, 5.41) is 3.72. The van der Waals surface area contributed by atoms with Crippen LogP contribution < -0.4 is 5.32 Å². The average Bonchev–Trinajstić information content (AvgIpc) is 2.60. The molecule has 2 rings (SSSR count). The summed E-state index contributed by atoms with van der Waals surface area (Å²) in [5.74, 6) is 2.06. The van der Waals surface area contributed by atoms with Gasteiger partial charge in [-0.3, -0.25) is 0 Å². The molecule has 1 atom stereocenters. The van der Waals surface area contributed by atoms with E-state index in [-0.39, 0.29) is 0 Å². The lowest BCUT2D eigenvalue weighted by Gasteiger charge is -2.29. The van der Waals surface area contributed by atoms with Crippen LogP contribution in [0.3, 0.4) is 0 Å². The summed E-state index contributed by atoms with van der Waals surface area (Å²) in [6.07, 6.45) is 11.8. The first kappa shape index (κ1) is 10.5. The average molecular weight is 195 g/mol. The molecule has 1 N–H and O–H groups in total. The van der Waals surface area contributed by atoms with E-state index in [4.69, 9.17) is 0 Å². The second kappa shape index (κ2) is 5.16. The lowest BCUT2D eigenvalue weighted by molar-refractivity contribution is 0.261. The Balaban J connectivity index is 1.54. The Kier molecular flexibility index (Phi) is 3.86. The molecule has 82 valence electrons. The second-order valence-corrected chi connectivity index (χ2v) is 5.49. The fraction of sp³-hybridized carbons (Fsp3) is 1.00. The maximum absolute atomic E-state index is 3.72. The molecule has 2 aliphatic rings. The van der Waals surface area contributed by atoms with E-state index in [9.17, 15) is 0 Å². The Labute approximate surface area is 88.7 Å². The van der Waals surface area contributed by atoms with Gasteiger partial charge in [0.1, 0.15) is 0 Å². The van der Waals surface area contributed by atoms with Crippen molar-refractivity contribution in [2.24, 2.45) is 11.8 Å². The summed E-state index contributed by atoms with van der Waals surface area (Å²) in [5.41, 5.74) is 0. The van der Waals surface area contributed by atoms with Gasteiger partial charge in [-0.15, -0.1) is 0 Å². The lowest BCUT2D eigenvalue weighted by atomic mass is 9.81. The van der Waals surface area contributed by atoms with Gasteiger partial charge >= 0.3 is 0 Å². The molecule has 1 nitrogen and oxygen atoms in total. The summed E-state index contributed by atoms with van der Waals surface area (Å²) < 4.78 is 0. The smallest absolute Gasteiger partial charge is 0.00414 e. The van der Waals surface area contributed by atoms with Crippen molar-refractivity contribution in [3.8, 4) is 0 Å². The first-order valence-electron chi connectivity index (χ1n) is 6.58. The van der Waals surface area contributed by atoms with Gasteiger partial charge in [-0.1, -0.05) is 32.1 Å². The SMILES string of the molecule is CC(CC1CCC1)NCC1CCCC1. The van der Waals surface area contributed by atoms with Crippen molar-refractivity contribution in [1.29, 1.82) is 0 Å². The highest BCUT2D eigenvalue weighted by atomic mass is 14.9. The van der Waals surface area contributed by atoms with Crippen LogP contribution in [0.2, 0.25) is 0 Å². The van der Waals surface area contributed by atoms with Crippen molar-refractivity contribution in [2.45, 2.75) is 64.3 Å². The van der Waals surface area contributed by atoms with Crippen molar-refractivity contribution in [1.82, 2.24) is 5.32 Å². The maximum Gasteiger partial charge on any atom is 0.00414 e. The topological polar surface area (TPSA) is 12.0 Å². The normalized spacial score (nSPS) is 26.4. The molecule has 2 fully saturated rings. The van der Waals surface area contributed by atoms with Crippen LogP contribution in [0.25, 0.3) is 0 Å². The zero-order chi connectivity index (χ0) is 9.80. The molecular weight excluding hydrogens is 170 g/mol. The van der Waals surface area contributed by atoms with Crippen molar-refractivity contribution in [3.05, 3.63) is 0 Å². The van der Waals surface area contributed by atoms with Crippen LogP contribution in [0.15, 0.2) is 0 Å². The van der Waals surface area contributed by atoms with E-state index in [1.54, 1.807) is 0 Å². The van der Waals surface area contributed by atoms with Crippen LogP contribution in [0.5, 0.6) is 0 Å². The minimum Gasteiger partial charge on any atom is -0.314 e. The largest absolute Gasteiger partial charge is 0.314 e. The number of hydrogen-bond donors (Lipinski definition) is 1. The van der Waals surface area contributed by atoms with Crippen LogP contribution in [0, 0.1) is 11.8 Å². The number of rotatable bonds is 5. The molecular formula is C13H25N. The van der Waals surface area contributed by atoms with E-state index in [2.05, 4.69) is 12.2 Å². The highest BCUT2D eigenvalue weighted by Gasteiger charge is 2.21. The summed E-state index contributed by atoms with van der Waals surface area (Å²) in [4.78, 5) is 0. The minimum absolute atomic E-state index is 0.765. The summed E-state index contributed by atoms with van der Waals surface area (Å²) in [6, 6.07) is 0.765. The molecule has 0 bridgehead atoms. The summed E-state index contributed by atoms with van der Waals surface area (Å²) in [7, 11) is 0. The molecule has 0 radical (unpaired) electrons. The van der Waals surface area contributed by atoms with E-state index in [1.165, 1.54) is 57.9 Å². The minimum atomic E-state index is 0.765. The molecule has 0 aromatic rings. The Morgan fingerprint density at radius 1 is 1.00 bits per heavy atom. The molecule has 0 amide bonds. The third-order valence-corrected chi connectivity index (χ3v) is 4.14. The molecule has 0 aromatic carbocycles. The van der Waals surface area contributed by atoms with E-state index in [0.717, 1.165) is 17.9 Å². The van der Waals surface area contributed by atoms with Gasteiger partial charge in [-0.25, -0.2) is 0 Å². The summed E-state index contributed by atoms with van der Waals surface area (Å²) in [6.45, 7) is 3.65. The van der Waals surface area contributed by atoms with E-state index >= 15 is 0 Å². The van der Waals surface area contributed by atoms with Crippen molar-refractivity contribution < 1.29 is 0 Å². The third kappa shape index (κ3) is 2.98. The van der Waals surface area contributed by atoms with Crippen molar-refractivity contribution >= 4 is 0 Å². The molecule has 14 heavy (non-hydrogen) atoms. The molecule has 1 unspecified atom stereocenters. The highest BCUT2D eigenvalue weighted by Crippen LogP contribution is 2.30. The van der Waals surface area contributed by atoms with Crippen molar-refractivity contribution in [3.63, 3.8) is 0 Å². The van der Waals surface area contributed by atoms with Crippen LogP contribution in [-0.2, 0) is 0 Å². The van der Waals surface area contributed by atoms with E-state index < -0.39 is 0 Å². The number of hydrogen-bond acceptors (Lipinski definition) is 1.